The van der Waals surface area contributed by atoms with E-state index in [0.29, 0.717) is 17.1 Å². The van der Waals surface area contributed by atoms with Crippen LogP contribution < -0.4 is 11.1 Å². The van der Waals surface area contributed by atoms with Crippen LogP contribution in [0.3, 0.4) is 0 Å². The van der Waals surface area contributed by atoms with Crippen molar-refractivity contribution in [1.82, 2.24) is 9.97 Å². The summed E-state index contributed by atoms with van der Waals surface area (Å²) < 4.78 is 0.837. The van der Waals surface area contributed by atoms with Gasteiger partial charge < -0.3 is 11.1 Å². The summed E-state index contributed by atoms with van der Waals surface area (Å²) in [7, 11) is 0. The summed E-state index contributed by atoms with van der Waals surface area (Å²) >= 11 is 3.37. The molecule has 6 nitrogen and oxygen atoms in total. The quantitative estimate of drug-likeness (QED) is 0.538. The van der Waals surface area contributed by atoms with Crippen LogP contribution in [0.2, 0.25) is 0 Å². The largest absolute Gasteiger partial charge is 0.383 e. The summed E-state index contributed by atoms with van der Waals surface area (Å²) in [4.78, 5) is 34.4. The van der Waals surface area contributed by atoms with Gasteiger partial charge in [-0.05, 0) is 55.7 Å². The van der Waals surface area contributed by atoms with E-state index in [1.807, 2.05) is 31.2 Å². The number of rotatable bonds is 6. The van der Waals surface area contributed by atoms with Crippen molar-refractivity contribution in [3.05, 3.63) is 81.7 Å². The van der Waals surface area contributed by atoms with Crippen LogP contribution in [0.15, 0.2) is 59.3 Å². The zero-order valence-electron chi connectivity index (χ0n) is 17.2. The molecule has 1 aliphatic carbocycles. The number of Topliss-reactive ketones (excluding diaryl/α,β-unsaturated/α-hetero) is 1. The number of hydrogen-bond acceptors (Lipinski definition) is 5. The molecule has 0 unspecified atom stereocenters. The summed E-state index contributed by atoms with van der Waals surface area (Å²) in [6, 6.07) is 12.7. The highest BCUT2D eigenvalue weighted by atomic mass is 79.9. The van der Waals surface area contributed by atoms with E-state index in [0.717, 1.165) is 40.6 Å². The molecular weight excluding hydrogens is 456 g/mol. The lowest BCUT2D eigenvalue weighted by molar-refractivity contribution is -0.127. The number of anilines is 2. The summed E-state index contributed by atoms with van der Waals surface area (Å²) in [5, 5.41) is 2.85. The van der Waals surface area contributed by atoms with Gasteiger partial charge >= 0.3 is 0 Å². The number of halogens is 1. The Morgan fingerprint density at radius 3 is 2.58 bits per heavy atom. The molecule has 1 amide bonds. The Hall–Kier alpha value is -3.06. The topological polar surface area (TPSA) is 98.0 Å². The van der Waals surface area contributed by atoms with Crippen molar-refractivity contribution in [2.24, 2.45) is 0 Å². The molecule has 2 aromatic heterocycles. The number of nitrogens with two attached hydrogens (primary N) is 1. The minimum atomic E-state index is -0.594. The maximum Gasteiger partial charge on any atom is 0.255 e. The monoisotopic (exact) mass is 478 g/mol. The minimum Gasteiger partial charge on any atom is -0.383 e. The third-order valence-electron chi connectivity index (χ3n) is 5.83. The van der Waals surface area contributed by atoms with Crippen LogP contribution in [0.4, 0.5) is 11.5 Å². The van der Waals surface area contributed by atoms with Gasteiger partial charge in [0.2, 0.25) is 0 Å². The number of amides is 1. The van der Waals surface area contributed by atoms with Crippen molar-refractivity contribution in [2.75, 3.05) is 11.1 Å². The lowest BCUT2D eigenvalue weighted by atomic mass is 9.62. The van der Waals surface area contributed by atoms with Crippen LogP contribution >= 0.6 is 15.9 Å². The van der Waals surface area contributed by atoms with E-state index in [1.165, 1.54) is 0 Å². The predicted octanol–water partition coefficient (Wildman–Crippen LogP) is 4.62. The normalized spacial score (nSPS) is 14.5. The molecule has 1 saturated carbocycles. The Morgan fingerprint density at radius 2 is 1.94 bits per heavy atom. The second-order valence-electron chi connectivity index (χ2n) is 7.99. The van der Waals surface area contributed by atoms with Crippen LogP contribution in [0.1, 0.15) is 46.4 Å². The van der Waals surface area contributed by atoms with Crippen molar-refractivity contribution in [2.45, 2.75) is 38.0 Å². The number of aromatic nitrogens is 2. The molecule has 0 spiro atoms. The van der Waals surface area contributed by atoms with Gasteiger partial charge in [-0.1, -0.05) is 34.5 Å². The van der Waals surface area contributed by atoms with E-state index < -0.39 is 5.41 Å². The number of hydrogen-bond donors (Lipinski definition) is 2. The zero-order valence-corrected chi connectivity index (χ0v) is 18.8. The van der Waals surface area contributed by atoms with Gasteiger partial charge in [-0.3, -0.25) is 14.6 Å². The van der Waals surface area contributed by atoms with Gasteiger partial charge in [0.05, 0.1) is 23.0 Å². The van der Waals surface area contributed by atoms with Crippen molar-refractivity contribution >= 4 is 39.1 Å². The van der Waals surface area contributed by atoms with Crippen LogP contribution in [0.25, 0.3) is 0 Å². The highest BCUT2D eigenvalue weighted by Crippen LogP contribution is 2.44. The maximum atomic E-state index is 13.3. The zero-order chi connectivity index (χ0) is 22.0. The molecule has 0 saturated heterocycles. The molecule has 0 radical (unpaired) electrons. The number of nitrogen functional groups attached to an aromatic ring is 1. The molecule has 7 heteroatoms. The Bertz CT molecular complexity index is 1140. The Morgan fingerprint density at radius 1 is 1.13 bits per heavy atom. The first kappa shape index (κ1) is 21.2. The van der Waals surface area contributed by atoms with E-state index >= 15 is 0 Å². The average molecular weight is 479 g/mol. The molecule has 0 aliphatic heterocycles. The van der Waals surface area contributed by atoms with Gasteiger partial charge in [0.25, 0.3) is 5.91 Å². The standard InChI is InChI=1S/C24H23BrN4O2/c1-15-10-17(22(26)28-13-15)12-21(30)24(8-3-9-24)20-7-6-19(14-27-20)29-23(31)16-4-2-5-18(25)11-16/h2,4-7,10-11,13-14H,3,8-9,12H2,1H3,(H2,26,28)(H,29,31). The number of benzene rings is 1. The number of nitrogens with one attached hydrogen (secondary N) is 1. The molecule has 2 heterocycles. The Kier molecular flexibility index (Phi) is 5.87. The lowest BCUT2D eigenvalue weighted by Gasteiger charge is -2.40. The number of carbonyl (C=O) groups is 2. The number of ketones is 1. The lowest BCUT2D eigenvalue weighted by Crippen LogP contribution is -2.44. The van der Waals surface area contributed by atoms with Gasteiger partial charge in [-0.25, -0.2) is 4.98 Å². The first-order chi connectivity index (χ1) is 14.9. The van der Waals surface area contributed by atoms with E-state index in [1.54, 1.807) is 30.6 Å². The Balaban J connectivity index is 1.50. The van der Waals surface area contributed by atoms with Crippen LogP contribution in [-0.4, -0.2) is 21.7 Å². The van der Waals surface area contributed by atoms with Crippen molar-refractivity contribution < 1.29 is 9.59 Å². The number of nitrogens with zero attached hydrogens (tertiary/aromatic N) is 2. The van der Waals surface area contributed by atoms with E-state index in [4.69, 9.17) is 5.73 Å². The second kappa shape index (κ2) is 8.59. The first-order valence-electron chi connectivity index (χ1n) is 10.2. The minimum absolute atomic E-state index is 0.108. The maximum absolute atomic E-state index is 13.3. The summed E-state index contributed by atoms with van der Waals surface area (Å²) in [5.41, 5.74) is 8.99. The van der Waals surface area contributed by atoms with Crippen molar-refractivity contribution in [1.29, 1.82) is 0 Å². The van der Waals surface area contributed by atoms with E-state index in [-0.39, 0.29) is 18.1 Å². The number of carbonyl (C=O) groups excluding carboxylic acids is 2. The molecule has 0 atom stereocenters. The fourth-order valence-electron chi connectivity index (χ4n) is 3.92. The van der Waals surface area contributed by atoms with Gasteiger partial charge in [0, 0.05) is 28.2 Å². The fourth-order valence-corrected chi connectivity index (χ4v) is 4.32. The molecule has 1 aromatic carbocycles. The van der Waals surface area contributed by atoms with E-state index in [9.17, 15) is 9.59 Å². The molecule has 158 valence electrons. The highest BCUT2D eigenvalue weighted by Gasteiger charge is 2.46. The molecule has 1 fully saturated rings. The fraction of sp³-hybridized carbons (Fsp3) is 0.250. The SMILES string of the molecule is Cc1cnc(N)c(CC(=O)C2(c3ccc(NC(=O)c4cccc(Br)c4)cn3)CCC2)c1. The molecular formula is C24H23BrN4O2. The number of pyridine rings is 2. The molecule has 0 bridgehead atoms. The molecule has 3 aromatic rings. The first-order valence-corrected chi connectivity index (χ1v) is 10.9. The van der Waals surface area contributed by atoms with Crippen LogP contribution in [-0.2, 0) is 16.6 Å². The number of aryl methyl sites for hydroxylation is 1. The summed E-state index contributed by atoms with van der Waals surface area (Å²) in [5.74, 6) is 0.288. The van der Waals surface area contributed by atoms with Crippen LogP contribution in [0, 0.1) is 6.92 Å². The smallest absolute Gasteiger partial charge is 0.255 e. The molecule has 31 heavy (non-hydrogen) atoms. The molecule has 1 aliphatic rings. The van der Waals surface area contributed by atoms with E-state index in [2.05, 4.69) is 31.2 Å². The second-order valence-corrected chi connectivity index (χ2v) is 8.90. The molecule has 4 rings (SSSR count). The third-order valence-corrected chi connectivity index (χ3v) is 6.32. The average Bonchev–Trinajstić information content (AvgIpc) is 2.71. The van der Waals surface area contributed by atoms with Crippen molar-refractivity contribution in [3.8, 4) is 0 Å². The third kappa shape index (κ3) is 4.37. The van der Waals surface area contributed by atoms with Crippen molar-refractivity contribution in [3.63, 3.8) is 0 Å². The van der Waals surface area contributed by atoms with Crippen LogP contribution in [0.5, 0.6) is 0 Å². The van der Waals surface area contributed by atoms with Gasteiger partial charge in [-0.2, -0.15) is 0 Å². The highest BCUT2D eigenvalue weighted by molar-refractivity contribution is 9.10. The van der Waals surface area contributed by atoms with Gasteiger partial charge in [0.15, 0.2) is 0 Å². The van der Waals surface area contributed by atoms with Gasteiger partial charge in [0.1, 0.15) is 11.6 Å². The van der Waals surface area contributed by atoms with Gasteiger partial charge in [-0.15, -0.1) is 0 Å². The Labute approximate surface area is 189 Å². The summed E-state index contributed by atoms with van der Waals surface area (Å²) in [6.07, 6.45) is 6.07. The predicted molar refractivity (Wildman–Crippen MR) is 124 cm³/mol. The molecule has 3 N–H and O–H groups in total. The summed E-state index contributed by atoms with van der Waals surface area (Å²) in [6.45, 7) is 1.93.